The first-order chi connectivity index (χ1) is 15.5. The number of nitrogens with one attached hydrogen (secondary N) is 3. The highest BCUT2D eigenvalue weighted by Gasteiger charge is 2.23. The summed E-state index contributed by atoms with van der Waals surface area (Å²) < 4.78 is 0. The van der Waals surface area contributed by atoms with Gasteiger partial charge in [0.25, 0.3) is 0 Å². The molecule has 0 saturated carbocycles. The highest BCUT2D eigenvalue weighted by molar-refractivity contribution is 6.32. The fourth-order valence-corrected chi connectivity index (χ4v) is 3.65. The topological polar surface area (TPSA) is 169 Å². The molecule has 0 bridgehead atoms. The van der Waals surface area contributed by atoms with Crippen LogP contribution in [-0.2, 0) is 0 Å². The van der Waals surface area contributed by atoms with Crippen LogP contribution in [0, 0.1) is 0 Å². The Balaban J connectivity index is 0.000000192. The molecule has 0 aromatic carbocycles. The molecule has 4 rings (SSSR count). The van der Waals surface area contributed by atoms with Crippen LogP contribution in [0.15, 0.2) is 0 Å². The van der Waals surface area contributed by atoms with Gasteiger partial charge in [-0.05, 0) is 39.3 Å². The largest absolute Gasteiger partial charge is 0.381 e. The highest BCUT2D eigenvalue weighted by atomic mass is 35.5. The molecule has 2 saturated heterocycles. The smallest absolute Gasteiger partial charge is 0.247 e. The van der Waals surface area contributed by atoms with Crippen LogP contribution in [0.3, 0.4) is 0 Å². The third kappa shape index (κ3) is 9.51. The molecule has 2 fully saturated rings. The number of anilines is 3. The molecule has 4 atom stereocenters. The highest BCUT2D eigenvalue weighted by Crippen LogP contribution is 2.17. The molecule has 2 aromatic rings. The minimum absolute atomic E-state index is 0.00287. The van der Waals surface area contributed by atoms with Gasteiger partial charge in [-0.1, -0.05) is 23.2 Å². The van der Waals surface area contributed by atoms with Gasteiger partial charge >= 0.3 is 0 Å². The predicted molar refractivity (Wildman–Crippen MR) is 133 cm³/mol. The second kappa shape index (κ2) is 13.2. The number of rotatable bonds is 1. The lowest BCUT2D eigenvalue weighted by molar-refractivity contribution is 0.370. The molecule has 0 spiro atoms. The van der Waals surface area contributed by atoms with E-state index in [0.717, 1.165) is 26.2 Å². The molecule has 184 valence electrons. The maximum atomic E-state index is 5.68. The lowest BCUT2D eigenvalue weighted by Gasteiger charge is -2.35. The third-order valence-corrected chi connectivity index (χ3v) is 5.31. The van der Waals surface area contributed by atoms with Crippen molar-refractivity contribution in [3.63, 3.8) is 0 Å². The van der Waals surface area contributed by atoms with Crippen molar-refractivity contribution in [2.75, 3.05) is 42.5 Å². The minimum Gasteiger partial charge on any atom is -0.381 e. The van der Waals surface area contributed by atoms with E-state index in [-0.39, 0.29) is 27.2 Å². The molecule has 33 heavy (non-hydrogen) atoms. The average molecular weight is 522 g/mol. The molecule has 15 heteroatoms. The van der Waals surface area contributed by atoms with Crippen molar-refractivity contribution in [3.05, 3.63) is 15.6 Å². The first-order valence-electron chi connectivity index (χ1n) is 10.5. The van der Waals surface area contributed by atoms with Gasteiger partial charge in [-0.2, -0.15) is 9.97 Å². The number of nitrogen functional groups attached to an aromatic ring is 2. The van der Waals surface area contributed by atoms with Crippen LogP contribution >= 0.6 is 34.8 Å². The van der Waals surface area contributed by atoms with E-state index < -0.39 is 0 Å². The van der Waals surface area contributed by atoms with Gasteiger partial charge in [0.15, 0.2) is 21.9 Å². The van der Waals surface area contributed by atoms with Gasteiger partial charge in [0.2, 0.25) is 11.2 Å². The Labute approximate surface area is 208 Å². The van der Waals surface area contributed by atoms with Crippen molar-refractivity contribution in [2.24, 2.45) is 0 Å². The number of piperazine rings is 2. The van der Waals surface area contributed by atoms with Crippen LogP contribution in [0.4, 0.5) is 17.6 Å². The summed E-state index contributed by atoms with van der Waals surface area (Å²) in [5, 5.41) is 24.8. The van der Waals surface area contributed by atoms with Gasteiger partial charge in [0, 0.05) is 50.3 Å². The fourth-order valence-electron chi connectivity index (χ4n) is 3.36. The number of hydrogen-bond donors (Lipinski definition) is 5. The predicted octanol–water partition coefficient (Wildman–Crippen LogP) is 1.01. The Morgan fingerprint density at radius 3 is 1.64 bits per heavy atom. The lowest BCUT2D eigenvalue weighted by atomic mass is 10.1. The molecule has 12 nitrogen and oxygen atoms in total. The summed E-state index contributed by atoms with van der Waals surface area (Å²) in [5.41, 5.74) is 10.8. The van der Waals surface area contributed by atoms with Gasteiger partial charge in [-0.3, -0.25) is 0 Å². The molecule has 0 amide bonds. The number of nitrogens with two attached hydrogens (primary N) is 2. The molecule has 2 aromatic heterocycles. The van der Waals surface area contributed by atoms with Crippen LogP contribution < -0.4 is 32.3 Å². The van der Waals surface area contributed by atoms with Crippen LogP contribution in [0.2, 0.25) is 15.6 Å². The number of hydrogen-bond acceptors (Lipinski definition) is 12. The normalized spacial score (nSPS) is 24.8. The summed E-state index contributed by atoms with van der Waals surface area (Å²) in [4.78, 5) is 9.71. The number of halogens is 3. The summed E-state index contributed by atoms with van der Waals surface area (Å²) in [5.74, 6) is 0.865. The zero-order chi connectivity index (χ0) is 24.5. The molecule has 0 aliphatic carbocycles. The molecule has 2 aliphatic heterocycles. The van der Waals surface area contributed by atoms with Gasteiger partial charge in [-0.15, -0.1) is 20.4 Å². The monoisotopic (exact) mass is 520 g/mol. The van der Waals surface area contributed by atoms with E-state index in [1.54, 1.807) is 0 Å². The Morgan fingerprint density at radius 2 is 1.21 bits per heavy atom. The summed E-state index contributed by atoms with van der Waals surface area (Å²) in [7, 11) is 0. The van der Waals surface area contributed by atoms with E-state index in [1.165, 1.54) is 0 Å². The Kier molecular flexibility index (Phi) is 10.9. The summed E-state index contributed by atoms with van der Waals surface area (Å²) >= 11 is 16.3. The van der Waals surface area contributed by atoms with Crippen molar-refractivity contribution in [1.29, 1.82) is 0 Å². The van der Waals surface area contributed by atoms with Crippen molar-refractivity contribution in [3.8, 4) is 0 Å². The number of nitrogens with zero attached hydrogens (tertiary/aromatic N) is 7. The maximum absolute atomic E-state index is 5.68. The summed E-state index contributed by atoms with van der Waals surface area (Å²) in [6, 6.07) is 2.09. The molecule has 4 heterocycles. The van der Waals surface area contributed by atoms with Crippen LogP contribution in [-0.4, -0.2) is 80.7 Å². The van der Waals surface area contributed by atoms with Gasteiger partial charge in [0.1, 0.15) is 0 Å². The first-order valence-corrected chi connectivity index (χ1v) is 11.6. The molecule has 0 radical (unpaired) electrons. The van der Waals surface area contributed by atoms with Crippen molar-refractivity contribution < 1.29 is 0 Å². The van der Waals surface area contributed by atoms with Crippen molar-refractivity contribution in [1.82, 2.24) is 46.3 Å². The Bertz CT molecular complexity index is 871. The third-order valence-electron chi connectivity index (χ3n) is 4.61. The number of aromatic nitrogens is 6. The van der Waals surface area contributed by atoms with E-state index in [4.69, 9.17) is 46.3 Å². The van der Waals surface area contributed by atoms with Crippen LogP contribution in [0.1, 0.15) is 27.7 Å². The molecular formula is C18H31Cl3N12. The first kappa shape index (κ1) is 27.4. The molecular weight excluding hydrogens is 491 g/mol. The standard InChI is InChI=1S/C9H15ClN6.C6H14N2.C3H2Cl2N4/c1-5-3-16(4-6(2)12-5)9-13-8(11)7(10)14-15-9;1-5-3-7-4-6(2)8-5;4-1-2(6)7-3(5)9-8-1/h5-6,12H,3-4H2,1-2H3,(H2,11,13,15);5-8H,3-4H2,1-2H3;(H2,6,7,9)/t2*5-,6+;. The van der Waals surface area contributed by atoms with Crippen LogP contribution in [0.25, 0.3) is 0 Å². The van der Waals surface area contributed by atoms with E-state index in [0.29, 0.717) is 30.1 Å². The summed E-state index contributed by atoms with van der Waals surface area (Å²) in [6.07, 6.45) is 0. The van der Waals surface area contributed by atoms with Crippen molar-refractivity contribution in [2.45, 2.75) is 51.9 Å². The maximum Gasteiger partial charge on any atom is 0.247 e. The van der Waals surface area contributed by atoms with E-state index in [2.05, 4.69) is 78.9 Å². The average Bonchev–Trinajstić information content (AvgIpc) is 2.73. The van der Waals surface area contributed by atoms with E-state index in [1.807, 2.05) is 0 Å². The van der Waals surface area contributed by atoms with E-state index >= 15 is 0 Å². The Hall–Kier alpha value is -1.83. The molecule has 2 aliphatic rings. The molecule has 0 unspecified atom stereocenters. The van der Waals surface area contributed by atoms with Gasteiger partial charge in [0.05, 0.1) is 0 Å². The lowest BCUT2D eigenvalue weighted by Crippen LogP contribution is -2.54. The molecule has 7 N–H and O–H groups in total. The quantitative estimate of drug-likeness (QED) is 0.361. The summed E-state index contributed by atoms with van der Waals surface area (Å²) in [6.45, 7) is 12.5. The second-order valence-corrected chi connectivity index (χ2v) is 9.10. The SMILES string of the molecule is C[C@@H]1CN(c2nnc(Cl)c(N)n2)C[C@H](C)N1.C[C@@H]1CNC[C@H](C)N1.Nc1nc(Cl)nnc1Cl. The van der Waals surface area contributed by atoms with Gasteiger partial charge < -0.3 is 32.3 Å². The minimum atomic E-state index is -0.00287. The van der Waals surface area contributed by atoms with Crippen molar-refractivity contribution >= 4 is 52.4 Å². The second-order valence-electron chi connectivity index (χ2n) is 8.05. The van der Waals surface area contributed by atoms with Crippen LogP contribution in [0.5, 0.6) is 0 Å². The zero-order valence-corrected chi connectivity index (χ0v) is 21.3. The Morgan fingerprint density at radius 1 is 0.727 bits per heavy atom. The zero-order valence-electron chi connectivity index (χ0n) is 19.1. The van der Waals surface area contributed by atoms with Gasteiger partial charge in [-0.25, -0.2) is 0 Å². The van der Waals surface area contributed by atoms with E-state index in [9.17, 15) is 0 Å². The fraction of sp³-hybridized carbons (Fsp3) is 0.667.